The van der Waals surface area contributed by atoms with Crippen LogP contribution in [0.4, 0.5) is 0 Å². The summed E-state index contributed by atoms with van der Waals surface area (Å²) in [5, 5.41) is 9.96. The van der Waals surface area contributed by atoms with E-state index in [1.165, 1.54) is 84.0 Å². The minimum absolute atomic E-state index is 0.560. The van der Waals surface area contributed by atoms with Gasteiger partial charge in [-0.3, -0.25) is 9.97 Å². The number of pyridine rings is 2. The molecule has 0 unspecified atom stereocenters. The van der Waals surface area contributed by atoms with Crippen LogP contribution >= 0.6 is 22.7 Å². The quantitative estimate of drug-likeness (QED) is 0.106. The predicted octanol–water partition coefficient (Wildman–Crippen LogP) is 29.5. The first-order valence-electron chi connectivity index (χ1n) is 41.4. The summed E-state index contributed by atoms with van der Waals surface area (Å²) >= 11 is 3.65. The SMILES string of the molecule is c1ccc(-c2cccc(-c3cnc(-c4ccc5c(c4)sc4ccc6c(c7ccccc7n6-c6ccccc6)c45)c(-c4nc(-c5ccccc5)nc(-c5ccccc5)n4)c3)c2)cc1.c1ccc(-c2cccc(-c3cnc(-c4ccc5sc6ccc7c(c8ccccc8n7-c7ccccc7)c6c5c4)c(-c4nc(-c5ccccc5)nc(-c5ccccc5)n4)c3)c2)cc1. The van der Waals surface area contributed by atoms with Crippen LogP contribution in [0.2, 0.25) is 0 Å². The Bertz CT molecular complexity index is 8080. The van der Waals surface area contributed by atoms with Crippen molar-refractivity contribution in [3.8, 4) is 147 Å². The predicted molar refractivity (Wildman–Crippen MR) is 515 cm³/mol. The number of aromatic nitrogens is 10. The Morgan fingerprint density at radius 2 is 0.500 bits per heavy atom. The number of nitrogens with zero attached hydrogens (tertiary/aromatic N) is 10. The molecule has 0 radical (unpaired) electrons. The zero-order valence-electron chi connectivity index (χ0n) is 66.7. The third-order valence-corrected chi connectivity index (χ3v) is 25.6. The Morgan fingerprint density at radius 1 is 0.177 bits per heavy atom. The van der Waals surface area contributed by atoms with Crippen LogP contribution < -0.4 is 0 Å². The number of para-hydroxylation sites is 4. The van der Waals surface area contributed by atoms with E-state index in [-0.39, 0.29) is 0 Å². The number of fused-ring (bicyclic) bond motifs is 14. The van der Waals surface area contributed by atoms with Crippen LogP contribution in [0.25, 0.3) is 231 Å². The molecule has 0 fully saturated rings. The fourth-order valence-electron chi connectivity index (χ4n) is 17.6. The van der Waals surface area contributed by atoms with Crippen molar-refractivity contribution < 1.29 is 0 Å². The van der Waals surface area contributed by atoms with Gasteiger partial charge in [-0.1, -0.05) is 309 Å². The Balaban J connectivity index is 0.000000143. The van der Waals surface area contributed by atoms with Gasteiger partial charge < -0.3 is 9.13 Å². The van der Waals surface area contributed by atoms with Gasteiger partial charge in [-0.15, -0.1) is 22.7 Å². The number of hydrogen-bond donors (Lipinski definition) is 0. The summed E-state index contributed by atoms with van der Waals surface area (Å²) in [6.07, 6.45) is 3.97. The van der Waals surface area contributed by atoms with Gasteiger partial charge in [0.05, 0.1) is 33.5 Å². The molecule has 24 rings (SSSR count). The molecule has 0 N–H and O–H groups in total. The lowest BCUT2D eigenvalue weighted by Gasteiger charge is -2.14. The summed E-state index contributed by atoms with van der Waals surface area (Å²) in [6, 6.07) is 145. The molecule has 0 amide bonds. The molecule has 0 aliphatic heterocycles. The molecule has 0 aliphatic rings. The molecule has 0 aliphatic carbocycles. The summed E-state index contributed by atoms with van der Waals surface area (Å²) in [6.45, 7) is 0. The third-order valence-electron chi connectivity index (χ3n) is 23.4. The smallest absolute Gasteiger partial charge is 0.166 e. The first-order valence-corrected chi connectivity index (χ1v) is 43.1. The molecule has 24 aromatic rings. The van der Waals surface area contributed by atoms with Crippen molar-refractivity contribution in [1.82, 2.24) is 49.0 Å². The van der Waals surface area contributed by atoms with E-state index in [9.17, 15) is 0 Å². The molecule has 0 spiro atoms. The lowest BCUT2D eigenvalue weighted by molar-refractivity contribution is 1.07. The van der Waals surface area contributed by atoms with Crippen LogP contribution in [0.3, 0.4) is 0 Å². The Labute approximate surface area is 722 Å². The summed E-state index contributed by atoms with van der Waals surface area (Å²) in [5.41, 5.74) is 24.7. The first-order chi connectivity index (χ1) is 61.5. The van der Waals surface area contributed by atoms with Crippen molar-refractivity contribution in [1.29, 1.82) is 0 Å². The molecule has 124 heavy (non-hydrogen) atoms. The average molecular weight is 1620 g/mol. The van der Waals surface area contributed by atoms with E-state index in [1.54, 1.807) is 0 Å². The molecule has 10 nitrogen and oxygen atoms in total. The lowest BCUT2D eigenvalue weighted by atomic mass is 9.96. The van der Waals surface area contributed by atoms with Crippen molar-refractivity contribution in [2.75, 3.05) is 0 Å². The van der Waals surface area contributed by atoms with Gasteiger partial charge in [-0.25, -0.2) is 29.9 Å². The minimum atomic E-state index is 0.560. The van der Waals surface area contributed by atoms with Crippen molar-refractivity contribution in [2.45, 2.75) is 0 Å². The summed E-state index contributed by atoms with van der Waals surface area (Å²) in [4.78, 5) is 41.6. The van der Waals surface area contributed by atoms with Crippen LogP contribution in [0.1, 0.15) is 0 Å². The van der Waals surface area contributed by atoms with Gasteiger partial charge in [-0.05, 0) is 137 Å². The number of thiophene rings is 2. The van der Waals surface area contributed by atoms with Gasteiger partial charge in [0.25, 0.3) is 0 Å². The highest BCUT2D eigenvalue weighted by molar-refractivity contribution is 7.26. The average Bonchev–Trinajstić information content (AvgIpc) is 1.56. The Kier molecular flexibility index (Phi) is 18.4. The zero-order chi connectivity index (χ0) is 82.0. The number of benzene rings is 16. The highest BCUT2D eigenvalue weighted by Gasteiger charge is 2.26. The van der Waals surface area contributed by atoms with Crippen LogP contribution in [0.15, 0.2) is 425 Å². The van der Waals surface area contributed by atoms with Crippen molar-refractivity contribution in [2.24, 2.45) is 0 Å². The molecule has 0 saturated carbocycles. The standard InChI is InChI=1S/2C56H35N5S/c1-5-16-36(17-6-1)39-22-15-23-40(32-39)42-34-46(56-59-54(37-18-7-2-8-19-37)58-55(60-56)38-20-9-3-10-21-38)53(57-35-42)41-28-30-49-45(33-41)52-50(62-49)31-29-48-51(52)44-26-13-14-27-47(44)61(48)43-24-11-4-12-25-43;1-5-16-36(17-6-1)39-22-15-23-40(32-39)42-33-46(56-59-54(37-18-7-2-8-19-37)58-55(60-56)38-20-9-3-10-21-38)53(57-35-42)41-28-29-45-50(34-41)62-49-31-30-48-51(52(45)49)44-26-13-14-27-47(44)61(48)43-24-11-4-12-25-43/h2*1-35H. The second-order valence-corrected chi connectivity index (χ2v) is 33.0. The van der Waals surface area contributed by atoms with Gasteiger partial charge in [0.15, 0.2) is 34.9 Å². The molecule has 0 bridgehead atoms. The molecule has 0 saturated heterocycles. The molecule has 0 atom stereocenters. The highest BCUT2D eigenvalue weighted by atomic mass is 32.1. The molecular weight excluding hydrogens is 1550 g/mol. The Morgan fingerprint density at radius 3 is 0.919 bits per heavy atom. The van der Waals surface area contributed by atoms with Gasteiger partial charge >= 0.3 is 0 Å². The Hall–Kier alpha value is -16.1. The van der Waals surface area contributed by atoms with Crippen molar-refractivity contribution in [3.63, 3.8) is 0 Å². The lowest BCUT2D eigenvalue weighted by Crippen LogP contribution is -2.02. The van der Waals surface area contributed by atoms with E-state index in [4.69, 9.17) is 39.9 Å². The summed E-state index contributed by atoms with van der Waals surface area (Å²) < 4.78 is 9.69. The van der Waals surface area contributed by atoms with E-state index >= 15 is 0 Å². The van der Waals surface area contributed by atoms with Crippen molar-refractivity contribution >= 4 is 107 Å². The molecule has 580 valence electrons. The monoisotopic (exact) mass is 1620 g/mol. The van der Waals surface area contributed by atoms with Gasteiger partial charge in [0, 0.05) is 141 Å². The fourth-order valence-corrected chi connectivity index (χ4v) is 19.8. The molecule has 8 aromatic heterocycles. The van der Waals surface area contributed by atoms with E-state index in [2.05, 4.69) is 288 Å². The normalized spacial score (nSPS) is 11.5. The molecule has 16 aromatic carbocycles. The number of hydrogen-bond acceptors (Lipinski definition) is 10. The fraction of sp³-hybridized carbons (Fsp3) is 0. The van der Waals surface area contributed by atoms with E-state index in [0.717, 1.165) is 112 Å². The maximum atomic E-state index is 5.34. The van der Waals surface area contributed by atoms with E-state index in [1.807, 2.05) is 169 Å². The molecule has 8 heterocycles. The number of rotatable bonds is 14. The van der Waals surface area contributed by atoms with Gasteiger partial charge in [-0.2, -0.15) is 0 Å². The maximum Gasteiger partial charge on any atom is 0.166 e. The van der Waals surface area contributed by atoms with Crippen LogP contribution in [-0.4, -0.2) is 49.0 Å². The second-order valence-electron chi connectivity index (χ2n) is 30.9. The zero-order valence-corrected chi connectivity index (χ0v) is 68.3. The summed E-state index contributed by atoms with van der Waals surface area (Å²) in [5.74, 6) is 3.55. The second kappa shape index (κ2) is 31.2. The highest BCUT2D eigenvalue weighted by Crippen LogP contribution is 2.49. The largest absolute Gasteiger partial charge is 0.309 e. The maximum absolute atomic E-state index is 5.34. The third kappa shape index (κ3) is 13.3. The minimum Gasteiger partial charge on any atom is -0.309 e. The van der Waals surface area contributed by atoms with Crippen LogP contribution in [-0.2, 0) is 0 Å². The molecular formula is C112H70N10S2. The van der Waals surface area contributed by atoms with E-state index in [0.29, 0.717) is 34.9 Å². The topological polar surface area (TPSA) is 113 Å². The summed E-state index contributed by atoms with van der Waals surface area (Å²) in [7, 11) is 0. The molecule has 12 heteroatoms. The first kappa shape index (κ1) is 73.1. The van der Waals surface area contributed by atoms with E-state index < -0.39 is 0 Å². The van der Waals surface area contributed by atoms with Crippen LogP contribution in [0, 0.1) is 0 Å². The van der Waals surface area contributed by atoms with Crippen LogP contribution in [0.5, 0.6) is 0 Å². The van der Waals surface area contributed by atoms with Gasteiger partial charge in [0.2, 0.25) is 0 Å². The van der Waals surface area contributed by atoms with Crippen molar-refractivity contribution in [3.05, 3.63) is 425 Å². The van der Waals surface area contributed by atoms with Gasteiger partial charge in [0.1, 0.15) is 0 Å².